The fourth-order valence-electron chi connectivity index (χ4n) is 1.34. The summed E-state index contributed by atoms with van der Waals surface area (Å²) < 4.78 is 51.1. The number of halogens is 4. The van der Waals surface area contributed by atoms with Crippen LogP contribution in [0.15, 0.2) is 24.3 Å². The summed E-state index contributed by atoms with van der Waals surface area (Å²) >= 11 is 0. The predicted molar refractivity (Wildman–Crippen MR) is 60.6 cm³/mol. The highest BCUT2D eigenvalue weighted by molar-refractivity contribution is 5.64. The Morgan fingerprint density at radius 3 is 2.50 bits per heavy atom. The average Bonchev–Trinajstić information content (AvgIpc) is 2.27. The van der Waals surface area contributed by atoms with Crippen molar-refractivity contribution >= 4 is 5.70 Å². The zero-order valence-corrected chi connectivity index (χ0v) is 9.55. The molecule has 0 aromatic heterocycles. The van der Waals surface area contributed by atoms with Gasteiger partial charge in [-0.05, 0) is 25.3 Å². The summed E-state index contributed by atoms with van der Waals surface area (Å²) in [7, 11) is 1.54. The van der Waals surface area contributed by atoms with Gasteiger partial charge in [0.25, 0.3) is 0 Å². The van der Waals surface area contributed by atoms with Crippen LogP contribution in [0.25, 0.3) is 5.70 Å². The minimum absolute atomic E-state index is 0.152. The van der Waals surface area contributed by atoms with Crippen molar-refractivity contribution in [2.45, 2.75) is 12.3 Å². The van der Waals surface area contributed by atoms with Crippen LogP contribution < -0.4 is 16.8 Å². The molecule has 100 valence electrons. The molecule has 5 N–H and O–H groups in total. The molecule has 7 heteroatoms. The number of alkyl halides is 3. The molecule has 3 nitrogen and oxygen atoms in total. The quantitative estimate of drug-likeness (QED) is 0.574. The smallest absolute Gasteiger partial charge is 0.398 e. The van der Waals surface area contributed by atoms with E-state index in [9.17, 15) is 17.6 Å². The lowest BCUT2D eigenvalue weighted by Gasteiger charge is -2.12. The summed E-state index contributed by atoms with van der Waals surface area (Å²) in [5.41, 5.74) is 9.16. The minimum Gasteiger partial charge on any atom is -0.398 e. The minimum atomic E-state index is -4.76. The van der Waals surface area contributed by atoms with Gasteiger partial charge in [-0.15, -0.1) is 0 Å². The third-order valence-corrected chi connectivity index (χ3v) is 2.31. The Morgan fingerprint density at radius 1 is 1.39 bits per heavy atom. The van der Waals surface area contributed by atoms with Crippen LogP contribution in [0, 0.1) is 5.82 Å². The standard InChI is InChI=1S/C11H13F4N3/c1-18-9(17)5-8(16)6-3-2-4-7(10(6)12)11(13,14)15/h2-5,9,18H,16-17H2,1H3/b8-5-. The molecular formula is C11H13F4N3. The maximum atomic E-state index is 13.7. The lowest BCUT2D eigenvalue weighted by molar-refractivity contribution is -0.140. The van der Waals surface area contributed by atoms with Crippen LogP contribution >= 0.6 is 0 Å². The Kier molecular flexibility index (Phi) is 4.31. The maximum absolute atomic E-state index is 13.7. The molecule has 0 saturated carbocycles. The molecule has 18 heavy (non-hydrogen) atoms. The van der Waals surface area contributed by atoms with Crippen molar-refractivity contribution in [2.75, 3.05) is 7.05 Å². The van der Waals surface area contributed by atoms with E-state index in [0.29, 0.717) is 6.07 Å². The molecule has 0 spiro atoms. The fraction of sp³-hybridized carbons (Fsp3) is 0.273. The van der Waals surface area contributed by atoms with E-state index in [1.54, 1.807) is 0 Å². The largest absolute Gasteiger partial charge is 0.419 e. The van der Waals surface area contributed by atoms with Crippen LogP contribution in [-0.2, 0) is 6.18 Å². The molecular weight excluding hydrogens is 250 g/mol. The van der Waals surface area contributed by atoms with Gasteiger partial charge in [-0.3, -0.25) is 0 Å². The summed E-state index contributed by atoms with van der Waals surface area (Å²) in [4.78, 5) is 0. The Labute approximate surface area is 101 Å². The number of likely N-dealkylation sites (N-methyl/N-ethyl adjacent to an activating group) is 1. The number of hydrogen-bond donors (Lipinski definition) is 3. The molecule has 0 aliphatic rings. The van der Waals surface area contributed by atoms with E-state index in [1.165, 1.54) is 19.2 Å². The lowest BCUT2D eigenvalue weighted by Crippen LogP contribution is -2.32. The zero-order valence-electron chi connectivity index (χ0n) is 9.55. The van der Waals surface area contributed by atoms with Gasteiger partial charge in [0.05, 0.1) is 11.7 Å². The molecule has 1 aromatic carbocycles. The summed E-state index contributed by atoms with van der Waals surface area (Å²) in [5.74, 6) is -1.40. The number of hydrogen-bond acceptors (Lipinski definition) is 3. The number of nitrogens with one attached hydrogen (secondary N) is 1. The lowest BCUT2D eigenvalue weighted by atomic mass is 10.1. The molecule has 1 rings (SSSR count). The molecule has 0 bridgehead atoms. The first kappa shape index (κ1) is 14.5. The second kappa shape index (κ2) is 5.36. The van der Waals surface area contributed by atoms with Crippen molar-refractivity contribution in [1.82, 2.24) is 5.32 Å². The molecule has 0 aliphatic heterocycles. The summed E-state index contributed by atoms with van der Waals surface area (Å²) in [6.45, 7) is 0. The van der Waals surface area contributed by atoms with Gasteiger partial charge < -0.3 is 16.8 Å². The van der Waals surface area contributed by atoms with E-state index in [4.69, 9.17) is 11.5 Å². The van der Waals surface area contributed by atoms with Gasteiger partial charge in [0.15, 0.2) is 0 Å². The highest BCUT2D eigenvalue weighted by Gasteiger charge is 2.35. The SMILES string of the molecule is CNC(N)/C=C(\N)c1cccc(C(F)(F)F)c1F. The normalized spacial score (nSPS) is 14.7. The van der Waals surface area contributed by atoms with Gasteiger partial charge in [-0.25, -0.2) is 4.39 Å². The van der Waals surface area contributed by atoms with E-state index in [2.05, 4.69) is 5.32 Å². The fourth-order valence-corrected chi connectivity index (χ4v) is 1.34. The molecule has 0 fully saturated rings. The Morgan fingerprint density at radius 2 is 2.00 bits per heavy atom. The molecule has 1 atom stereocenters. The molecule has 0 radical (unpaired) electrons. The third kappa shape index (κ3) is 3.21. The van der Waals surface area contributed by atoms with E-state index >= 15 is 0 Å². The zero-order chi connectivity index (χ0) is 13.9. The van der Waals surface area contributed by atoms with Gasteiger partial charge in [0.2, 0.25) is 0 Å². The maximum Gasteiger partial charge on any atom is 0.419 e. The molecule has 0 amide bonds. The first-order valence-electron chi connectivity index (χ1n) is 5.03. The van der Waals surface area contributed by atoms with Crippen molar-refractivity contribution in [3.05, 3.63) is 41.2 Å². The van der Waals surface area contributed by atoms with Crippen LogP contribution in [0.5, 0.6) is 0 Å². The molecule has 0 heterocycles. The summed E-state index contributed by atoms with van der Waals surface area (Å²) in [6, 6.07) is 2.91. The van der Waals surface area contributed by atoms with Crippen LogP contribution in [0.3, 0.4) is 0 Å². The van der Waals surface area contributed by atoms with Crippen LogP contribution in [0.2, 0.25) is 0 Å². The van der Waals surface area contributed by atoms with Crippen molar-refractivity contribution < 1.29 is 17.6 Å². The summed E-state index contributed by atoms with van der Waals surface area (Å²) in [6.07, 6.45) is -4.19. The van der Waals surface area contributed by atoms with Crippen molar-refractivity contribution in [1.29, 1.82) is 0 Å². The van der Waals surface area contributed by atoms with Crippen LogP contribution in [0.1, 0.15) is 11.1 Å². The van der Waals surface area contributed by atoms with Gasteiger partial charge in [-0.1, -0.05) is 6.07 Å². The second-order valence-electron chi connectivity index (χ2n) is 3.60. The van der Waals surface area contributed by atoms with Crippen LogP contribution in [-0.4, -0.2) is 13.2 Å². The Bertz CT molecular complexity index is 454. The van der Waals surface area contributed by atoms with Gasteiger partial charge in [0.1, 0.15) is 5.82 Å². The number of rotatable bonds is 3. The van der Waals surface area contributed by atoms with E-state index in [-0.39, 0.29) is 11.3 Å². The average molecular weight is 263 g/mol. The highest BCUT2D eigenvalue weighted by atomic mass is 19.4. The number of benzene rings is 1. The monoisotopic (exact) mass is 263 g/mol. The van der Waals surface area contributed by atoms with E-state index in [0.717, 1.165) is 6.07 Å². The first-order valence-corrected chi connectivity index (χ1v) is 5.03. The van der Waals surface area contributed by atoms with E-state index < -0.39 is 23.7 Å². The summed E-state index contributed by atoms with van der Waals surface area (Å²) in [5, 5.41) is 2.61. The molecule has 0 aliphatic carbocycles. The van der Waals surface area contributed by atoms with Crippen LogP contribution in [0.4, 0.5) is 17.6 Å². The first-order chi connectivity index (χ1) is 8.27. The highest BCUT2D eigenvalue weighted by Crippen LogP contribution is 2.33. The molecule has 1 aromatic rings. The molecule has 1 unspecified atom stereocenters. The topological polar surface area (TPSA) is 64.1 Å². The van der Waals surface area contributed by atoms with Crippen molar-refractivity contribution in [3.8, 4) is 0 Å². The predicted octanol–water partition coefficient (Wildman–Crippen LogP) is 1.65. The van der Waals surface area contributed by atoms with Crippen molar-refractivity contribution in [2.24, 2.45) is 11.5 Å². The van der Waals surface area contributed by atoms with Crippen molar-refractivity contribution in [3.63, 3.8) is 0 Å². The number of nitrogens with two attached hydrogens (primary N) is 2. The Balaban J connectivity index is 3.24. The van der Waals surface area contributed by atoms with Gasteiger partial charge >= 0.3 is 6.18 Å². The van der Waals surface area contributed by atoms with Gasteiger partial charge in [0, 0.05) is 11.3 Å². The van der Waals surface area contributed by atoms with E-state index in [1.807, 2.05) is 0 Å². The second-order valence-corrected chi connectivity index (χ2v) is 3.60. The third-order valence-electron chi connectivity index (χ3n) is 2.31. The van der Waals surface area contributed by atoms with Gasteiger partial charge in [-0.2, -0.15) is 13.2 Å². The Hall–Kier alpha value is -1.60. The molecule has 0 saturated heterocycles.